The minimum atomic E-state index is -0.871. The van der Waals surface area contributed by atoms with Crippen molar-refractivity contribution in [3.63, 3.8) is 0 Å². The lowest BCUT2D eigenvalue weighted by Crippen LogP contribution is -2.34. The van der Waals surface area contributed by atoms with Gasteiger partial charge in [0.25, 0.3) is 0 Å². The van der Waals surface area contributed by atoms with Gasteiger partial charge in [-0.2, -0.15) is 0 Å². The van der Waals surface area contributed by atoms with E-state index in [9.17, 15) is 18.4 Å². The van der Waals surface area contributed by atoms with Crippen LogP contribution in [0, 0.1) is 11.6 Å². The van der Waals surface area contributed by atoms with Gasteiger partial charge in [0.1, 0.15) is 16.9 Å². The maximum Gasteiger partial charge on any atom is 0.242 e. The molecular weight excluding hydrogens is 448 g/mol. The molecule has 1 aliphatic heterocycles. The molecule has 2 aromatic carbocycles. The van der Waals surface area contributed by atoms with Crippen LogP contribution in [0.2, 0.25) is 0 Å². The molecule has 1 unspecified atom stereocenters. The number of thioether (sulfide) groups is 1. The average molecular weight is 476 g/mol. The molecule has 6 nitrogen and oxygen atoms in total. The van der Waals surface area contributed by atoms with E-state index in [1.165, 1.54) is 17.3 Å². The highest BCUT2D eigenvalue weighted by atomic mass is 32.2. The molecule has 176 valence electrons. The standard InChI is InChI=1S/C24H27F2N3O3S/c1-3-16-6-9-18(10-7-16)27-24-29(12-5-13-32-4-2)23(31)21(33-24)15-22(30)28-20-11-8-17(25)14-19(20)26/h6-11,14,21H,3-5,12-13,15H2,1-2H3,(H,28,30). The molecule has 2 amide bonds. The van der Waals surface area contributed by atoms with Crippen molar-refractivity contribution in [1.29, 1.82) is 0 Å². The second-order valence-corrected chi connectivity index (χ2v) is 8.61. The van der Waals surface area contributed by atoms with E-state index in [1.807, 2.05) is 31.2 Å². The Bertz CT molecular complexity index is 1010. The first kappa shape index (κ1) is 24.9. The van der Waals surface area contributed by atoms with E-state index >= 15 is 0 Å². The summed E-state index contributed by atoms with van der Waals surface area (Å²) < 4.78 is 32.3. The van der Waals surface area contributed by atoms with Crippen LogP contribution in [0.4, 0.5) is 20.2 Å². The zero-order valence-electron chi connectivity index (χ0n) is 18.6. The fraction of sp³-hybridized carbons (Fsp3) is 0.375. The van der Waals surface area contributed by atoms with Crippen LogP contribution in [-0.4, -0.2) is 46.9 Å². The van der Waals surface area contributed by atoms with Crippen molar-refractivity contribution in [3.8, 4) is 0 Å². The van der Waals surface area contributed by atoms with Crippen LogP contribution in [0.1, 0.15) is 32.3 Å². The number of hydrogen-bond donors (Lipinski definition) is 1. The van der Waals surface area contributed by atoms with E-state index in [4.69, 9.17) is 4.74 Å². The SMILES string of the molecule is CCOCCCN1C(=O)C(CC(=O)Nc2ccc(F)cc2F)SC1=Nc1ccc(CC)cc1. The number of nitrogens with one attached hydrogen (secondary N) is 1. The molecule has 0 aromatic heterocycles. The van der Waals surface area contributed by atoms with Gasteiger partial charge in [-0.3, -0.25) is 14.5 Å². The van der Waals surface area contributed by atoms with Crippen LogP contribution in [0.3, 0.4) is 0 Å². The summed E-state index contributed by atoms with van der Waals surface area (Å²) in [6, 6.07) is 10.7. The molecule has 2 aromatic rings. The van der Waals surface area contributed by atoms with Crippen molar-refractivity contribution in [2.24, 2.45) is 4.99 Å². The number of amides is 2. The van der Waals surface area contributed by atoms with E-state index in [0.29, 0.717) is 37.4 Å². The third-order valence-corrected chi connectivity index (χ3v) is 6.22. The van der Waals surface area contributed by atoms with Crippen molar-refractivity contribution >= 4 is 40.1 Å². The van der Waals surface area contributed by atoms with Gasteiger partial charge in [-0.05, 0) is 49.6 Å². The first-order valence-corrected chi connectivity index (χ1v) is 11.8. The quantitative estimate of drug-likeness (QED) is 0.496. The number of halogens is 2. The average Bonchev–Trinajstić information content (AvgIpc) is 3.07. The molecule has 1 aliphatic rings. The summed E-state index contributed by atoms with van der Waals surface area (Å²) >= 11 is 1.21. The number of nitrogens with zero attached hydrogens (tertiary/aromatic N) is 2. The van der Waals surface area contributed by atoms with Crippen molar-refractivity contribution in [2.45, 2.75) is 38.4 Å². The lowest BCUT2D eigenvalue weighted by atomic mass is 10.2. The molecular formula is C24H27F2N3O3S. The maximum absolute atomic E-state index is 13.9. The van der Waals surface area contributed by atoms with Crippen molar-refractivity contribution < 1.29 is 23.1 Å². The molecule has 1 saturated heterocycles. The van der Waals surface area contributed by atoms with Crippen molar-refractivity contribution in [1.82, 2.24) is 4.90 Å². The Hall–Kier alpha value is -2.78. The zero-order valence-corrected chi connectivity index (χ0v) is 19.5. The number of carbonyl (C=O) groups is 2. The van der Waals surface area contributed by atoms with E-state index in [1.54, 1.807) is 4.90 Å². The van der Waals surface area contributed by atoms with Crippen LogP contribution >= 0.6 is 11.8 Å². The highest BCUT2D eigenvalue weighted by Crippen LogP contribution is 2.32. The second-order valence-electron chi connectivity index (χ2n) is 7.44. The number of benzene rings is 2. The maximum atomic E-state index is 13.9. The molecule has 33 heavy (non-hydrogen) atoms. The number of anilines is 1. The van der Waals surface area contributed by atoms with E-state index in [0.717, 1.165) is 24.2 Å². The van der Waals surface area contributed by atoms with Crippen LogP contribution in [0.25, 0.3) is 0 Å². The van der Waals surface area contributed by atoms with Gasteiger partial charge in [0.2, 0.25) is 11.8 Å². The first-order valence-electron chi connectivity index (χ1n) is 10.9. The number of aliphatic imine (C=N–C) groups is 1. The van der Waals surface area contributed by atoms with E-state index in [2.05, 4.69) is 17.2 Å². The summed E-state index contributed by atoms with van der Waals surface area (Å²) in [6.07, 6.45) is 1.39. The van der Waals surface area contributed by atoms with Crippen LogP contribution < -0.4 is 5.32 Å². The van der Waals surface area contributed by atoms with E-state index < -0.39 is 22.8 Å². The smallest absolute Gasteiger partial charge is 0.242 e. The van der Waals surface area contributed by atoms with Crippen LogP contribution in [0.5, 0.6) is 0 Å². The molecule has 0 spiro atoms. The van der Waals surface area contributed by atoms with Gasteiger partial charge in [0.15, 0.2) is 5.17 Å². The molecule has 0 saturated carbocycles. The van der Waals surface area contributed by atoms with E-state index in [-0.39, 0.29) is 18.0 Å². The number of aryl methyl sites for hydroxylation is 1. The van der Waals surface area contributed by atoms with Gasteiger partial charge in [-0.15, -0.1) is 0 Å². The van der Waals surface area contributed by atoms with Crippen molar-refractivity contribution in [2.75, 3.05) is 25.1 Å². The number of ether oxygens (including phenoxy) is 1. The lowest BCUT2D eigenvalue weighted by molar-refractivity contribution is -0.128. The highest BCUT2D eigenvalue weighted by molar-refractivity contribution is 8.15. The topological polar surface area (TPSA) is 71.0 Å². The molecule has 3 rings (SSSR count). The Morgan fingerprint density at radius 3 is 2.61 bits per heavy atom. The van der Waals surface area contributed by atoms with Gasteiger partial charge >= 0.3 is 0 Å². The zero-order chi connectivity index (χ0) is 23.8. The Labute approximate surface area is 196 Å². The Morgan fingerprint density at radius 2 is 1.94 bits per heavy atom. The number of amidine groups is 1. The Balaban J connectivity index is 1.72. The van der Waals surface area contributed by atoms with Gasteiger partial charge < -0.3 is 10.1 Å². The molecule has 1 heterocycles. The summed E-state index contributed by atoms with van der Waals surface area (Å²) in [4.78, 5) is 31.7. The predicted molar refractivity (Wildman–Crippen MR) is 127 cm³/mol. The third-order valence-electron chi connectivity index (χ3n) is 5.04. The van der Waals surface area contributed by atoms with Gasteiger partial charge in [-0.1, -0.05) is 30.8 Å². The molecule has 1 fully saturated rings. The summed E-state index contributed by atoms with van der Waals surface area (Å²) in [7, 11) is 0. The Morgan fingerprint density at radius 1 is 1.18 bits per heavy atom. The number of rotatable bonds is 10. The molecule has 0 aliphatic carbocycles. The monoisotopic (exact) mass is 475 g/mol. The molecule has 1 N–H and O–H groups in total. The van der Waals surface area contributed by atoms with Gasteiger partial charge in [0.05, 0.1) is 11.4 Å². The number of hydrogen-bond acceptors (Lipinski definition) is 5. The normalized spacial score (nSPS) is 17.1. The first-order chi connectivity index (χ1) is 15.9. The molecule has 1 atom stereocenters. The fourth-order valence-corrected chi connectivity index (χ4v) is 4.46. The molecule has 0 bridgehead atoms. The Kier molecular flexibility index (Phi) is 8.96. The fourth-order valence-electron chi connectivity index (χ4n) is 3.28. The summed E-state index contributed by atoms with van der Waals surface area (Å²) in [5.74, 6) is -2.36. The predicted octanol–water partition coefficient (Wildman–Crippen LogP) is 4.91. The second kappa shape index (κ2) is 11.9. The van der Waals surface area contributed by atoms with Gasteiger partial charge in [-0.25, -0.2) is 13.8 Å². The number of carbonyl (C=O) groups excluding carboxylic acids is 2. The summed E-state index contributed by atoms with van der Waals surface area (Å²) in [6.45, 7) is 5.50. The highest BCUT2D eigenvalue weighted by Gasteiger charge is 2.39. The minimum absolute atomic E-state index is 0.129. The largest absolute Gasteiger partial charge is 0.382 e. The third kappa shape index (κ3) is 6.85. The van der Waals surface area contributed by atoms with Crippen LogP contribution in [0.15, 0.2) is 47.5 Å². The van der Waals surface area contributed by atoms with Gasteiger partial charge in [0, 0.05) is 32.2 Å². The van der Waals surface area contributed by atoms with Crippen molar-refractivity contribution in [3.05, 3.63) is 59.7 Å². The van der Waals surface area contributed by atoms with Crippen LogP contribution in [-0.2, 0) is 20.7 Å². The molecule has 9 heteroatoms. The molecule has 0 radical (unpaired) electrons. The lowest BCUT2D eigenvalue weighted by Gasteiger charge is -2.16. The summed E-state index contributed by atoms with van der Waals surface area (Å²) in [5, 5.41) is 2.25. The summed E-state index contributed by atoms with van der Waals surface area (Å²) in [5.41, 5.74) is 1.77. The minimum Gasteiger partial charge on any atom is -0.382 e.